The van der Waals surface area contributed by atoms with Crippen LogP contribution in [0.3, 0.4) is 0 Å². The molecule has 2 heterocycles. The molecule has 2 unspecified atom stereocenters. The van der Waals surface area contributed by atoms with Gasteiger partial charge in [0.25, 0.3) is 10.0 Å². The summed E-state index contributed by atoms with van der Waals surface area (Å²) >= 11 is 0. The number of imidazole rings is 1. The van der Waals surface area contributed by atoms with E-state index >= 15 is 0 Å². The fourth-order valence-corrected chi connectivity index (χ4v) is 5.84. The minimum atomic E-state index is -3.77. The first-order chi connectivity index (χ1) is 16.3. The number of hydrogen-bond acceptors (Lipinski definition) is 4. The zero-order chi connectivity index (χ0) is 23.7. The summed E-state index contributed by atoms with van der Waals surface area (Å²) in [7, 11) is -3.77. The maximum Gasteiger partial charge on any atom is 0.257 e. The smallest absolute Gasteiger partial charge is 0.257 e. The van der Waals surface area contributed by atoms with Crippen LogP contribution in [0.4, 0.5) is 4.39 Å². The summed E-state index contributed by atoms with van der Waals surface area (Å²) in [4.78, 5) is 6.42. The quantitative estimate of drug-likeness (QED) is 0.506. The Morgan fingerprint density at radius 1 is 1.12 bits per heavy atom. The zero-order valence-electron chi connectivity index (χ0n) is 19.2. The third-order valence-electron chi connectivity index (χ3n) is 7.23. The number of nitrogens with two attached hydrogens (primary N) is 1. The Balaban J connectivity index is 1.29. The fraction of sp³-hybridized carbons (Fsp3) is 0.423. The number of primary sulfonamides is 1. The van der Waals surface area contributed by atoms with Crippen molar-refractivity contribution >= 4 is 10.0 Å². The molecular weight excluding hydrogens is 451 g/mol. The van der Waals surface area contributed by atoms with Gasteiger partial charge in [0.1, 0.15) is 5.82 Å². The van der Waals surface area contributed by atoms with Crippen molar-refractivity contribution in [2.45, 2.75) is 49.6 Å². The van der Waals surface area contributed by atoms with E-state index < -0.39 is 10.0 Å². The Labute approximate surface area is 200 Å². The van der Waals surface area contributed by atoms with Gasteiger partial charge in [0.2, 0.25) is 0 Å². The van der Waals surface area contributed by atoms with Gasteiger partial charge in [-0.15, -0.1) is 0 Å². The van der Waals surface area contributed by atoms with Gasteiger partial charge in [-0.3, -0.25) is 0 Å². The molecule has 5 rings (SSSR count). The van der Waals surface area contributed by atoms with Crippen LogP contribution in [0, 0.1) is 11.7 Å². The Morgan fingerprint density at radius 3 is 2.68 bits per heavy atom. The molecule has 1 aromatic heterocycles. The minimum Gasteiger partial charge on any atom is -0.336 e. The molecule has 0 bridgehead atoms. The monoisotopic (exact) mass is 482 g/mol. The minimum absolute atomic E-state index is 0.0986. The summed E-state index contributed by atoms with van der Waals surface area (Å²) in [6.45, 7) is 4.15. The lowest BCUT2D eigenvalue weighted by Crippen LogP contribution is -2.41. The molecule has 6 nitrogen and oxygen atoms in total. The van der Waals surface area contributed by atoms with Crippen molar-refractivity contribution in [1.82, 2.24) is 14.5 Å². The molecule has 2 atom stereocenters. The first-order valence-corrected chi connectivity index (χ1v) is 13.5. The first kappa shape index (κ1) is 23.2. The van der Waals surface area contributed by atoms with E-state index in [4.69, 9.17) is 5.14 Å². The van der Waals surface area contributed by atoms with E-state index in [-0.39, 0.29) is 10.8 Å². The van der Waals surface area contributed by atoms with Crippen molar-refractivity contribution in [2.24, 2.45) is 11.1 Å². The molecule has 1 aliphatic heterocycles. The van der Waals surface area contributed by atoms with Crippen LogP contribution in [0.15, 0.2) is 60.0 Å². The summed E-state index contributed by atoms with van der Waals surface area (Å²) in [5.41, 5.74) is 5.16. The van der Waals surface area contributed by atoms with Crippen molar-refractivity contribution in [3.8, 4) is 0 Å². The van der Waals surface area contributed by atoms with Crippen LogP contribution < -0.4 is 5.14 Å². The lowest BCUT2D eigenvalue weighted by atomic mass is 9.85. The summed E-state index contributed by atoms with van der Waals surface area (Å²) in [5, 5.41) is 5.05. The van der Waals surface area contributed by atoms with E-state index in [1.165, 1.54) is 54.8 Å². The first-order valence-electron chi connectivity index (χ1n) is 12.0. The highest BCUT2D eigenvalue weighted by molar-refractivity contribution is 7.89. The van der Waals surface area contributed by atoms with Gasteiger partial charge in [-0.25, -0.2) is 22.9 Å². The number of nitrogens with zero attached hydrogens (tertiary/aromatic N) is 3. The molecule has 8 heteroatoms. The van der Waals surface area contributed by atoms with Crippen LogP contribution in [-0.2, 0) is 35.8 Å². The van der Waals surface area contributed by atoms with Crippen molar-refractivity contribution in [1.29, 1.82) is 0 Å². The largest absolute Gasteiger partial charge is 0.336 e. The average molecular weight is 483 g/mol. The van der Waals surface area contributed by atoms with Crippen LogP contribution in [0.25, 0.3) is 0 Å². The van der Waals surface area contributed by atoms with E-state index in [9.17, 15) is 12.8 Å². The van der Waals surface area contributed by atoms with Crippen LogP contribution in [0.2, 0.25) is 0 Å². The maximum absolute atomic E-state index is 13.9. The zero-order valence-corrected chi connectivity index (χ0v) is 20.1. The lowest BCUT2D eigenvalue weighted by molar-refractivity contribution is 0.145. The fourth-order valence-electron chi connectivity index (χ4n) is 5.37. The number of likely N-dealkylation sites (tertiary alicyclic amines) is 1. The van der Waals surface area contributed by atoms with E-state index in [2.05, 4.69) is 28.1 Å². The van der Waals surface area contributed by atoms with Crippen LogP contribution in [-0.4, -0.2) is 42.5 Å². The van der Waals surface area contributed by atoms with Crippen molar-refractivity contribution in [3.63, 3.8) is 0 Å². The highest BCUT2D eigenvalue weighted by atomic mass is 32.2. The maximum atomic E-state index is 13.9. The second-order valence-electron chi connectivity index (χ2n) is 9.69. The number of halogens is 1. The number of rotatable bonds is 9. The second-order valence-corrected chi connectivity index (χ2v) is 11.2. The number of aryl methyl sites for hydroxylation is 2. The van der Waals surface area contributed by atoms with Gasteiger partial charge in [-0.2, -0.15) is 0 Å². The Bertz CT molecular complexity index is 1270. The van der Waals surface area contributed by atoms with Gasteiger partial charge in [0, 0.05) is 19.3 Å². The summed E-state index contributed by atoms with van der Waals surface area (Å²) < 4.78 is 38.5. The predicted octanol–water partition coefficient (Wildman–Crippen LogP) is 3.51. The molecule has 0 radical (unpaired) electrons. The summed E-state index contributed by atoms with van der Waals surface area (Å²) in [6.07, 6.45) is 7.97. The van der Waals surface area contributed by atoms with Crippen molar-refractivity contribution in [2.75, 3.05) is 19.6 Å². The topological polar surface area (TPSA) is 81.2 Å². The summed E-state index contributed by atoms with van der Waals surface area (Å²) in [5.74, 6) is 0.772. The molecular formula is C26H31FN4O2S. The molecule has 2 aliphatic rings. The third kappa shape index (κ3) is 5.24. The van der Waals surface area contributed by atoms with Crippen molar-refractivity contribution < 1.29 is 12.8 Å². The van der Waals surface area contributed by atoms with Gasteiger partial charge in [0.05, 0.1) is 6.33 Å². The highest BCUT2D eigenvalue weighted by Gasteiger charge is 2.34. The molecule has 0 spiro atoms. The molecule has 0 amide bonds. The number of fused-ring (bicyclic) bond motifs is 1. The molecule has 3 aromatic rings. The normalized spacial score (nSPS) is 20.3. The number of hydrogen-bond donors (Lipinski definition) is 1. The van der Waals surface area contributed by atoms with Crippen LogP contribution in [0.5, 0.6) is 0 Å². The molecule has 0 saturated carbocycles. The predicted molar refractivity (Wildman–Crippen MR) is 129 cm³/mol. The molecule has 1 fully saturated rings. The van der Waals surface area contributed by atoms with Gasteiger partial charge in [-0.05, 0) is 91.4 Å². The highest BCUT2D eigenvalue weighted by Crippen LogP contribution is 2.41. The number of sulfonamides is 1. The van der Waals surface area contributed by atoms with Crippen LogP contribution >= 0.6 is 0 Å². The molecule has 180 valence electrons. The average Bonchev–Trinajstić information content (AvgIpc) is 3.36. The van der Waals surface area contributed by atoms with E-state index in [1.807, 2.05) is 6.07 Å². The standard InChI is InChI=1S/C26H31FN4O2S/c27-23-6-1-4-20(12-23)14-25-22(16-30-10-3-11-30)15-21-8-7-19(13-24(21)25)5-2-9-31-17-26(29-18-31)34(28,32)33/h1,4,6-8,12-13,17-18,22,25H,2-3,5,9-11,14-16H2,(H2,28,32,33). The summed E-state index contributed by atoms with van der Waals surface area (Å²) in [6, 6.07) is 13.9. The molecule has 2 N–H and O–H groups in total. The van der Waals surface area contributed by atoms with Gasteiger partial charge < -0.3 is 9.47 Å². The molecule has 34 heavy (non-hydrogen) atoms. The molecule has 2 aromatic carbocycles. The van der Waals surface area contributed by atoms with Gasteiger partial charge in [0.15, 0.2) is 5.03 Å². The van der Waals surface area contributed by atoms with Gasteiger partial charge in [-0.1, -0.05) is 30.3 Å². The Kier molecular flexibility index (Phi) is 6.55. The van der Waals surface area contributed by atoms with Crippen molar-refractivity contribution in [3.05, 3.63) is 83.1 Å². The molecule has 1 aliphatic carbocycles. The number of benzene rings is 2. The Morgan fingerprint density at radius 2 is 1.97 bits per heavy atom. The lowest BCUT2D eigenvalue weighted by Gasteiger charge is -2.35. The van der Waals surface area contributed by atoms with E-state index in [1.54, 1.807) is 16.7 Å². The van der Waals surface area contributed by atoms with Crippen LogP contribution in [0.1, 0.15) is 41.0 Å². The van der Waals surface area contributed by atoms with E-state index in [0.717, 1.165) is 37.8 Å². The van der Waals surface area contributed by atoms with Gasteiger partial charge >= 0.3 is 0 Å². The Hall–Kier alpha value is -2.55. The SMILES string of the molecule is NS(=O)(=O)c1cn(CCCc2ccc3c(c2)C(Cc2cccc(F)c2)C(CN2CCC2)C3)cn1. The molecule has 1 saturated heterocycles. The second kappa shape index (κ2) is 9.60. The third-order valence-corrected chi connectivity index (χ3v) is 8.02. The van der Waals surface area contributed by atoms with E-state index in [0.29, 0.717) is 18.4 Å². The number of aromatic nitrogens is 2.